The maximum Gasteiger partial charge on any atom is 0.238 e. The molecular weight excluding hydrogens is 210 g/mol. The first-order chi connectivity index (χ1) is 7.02. The summed E-state index contributed by atoms with van der Waals surface area (Å²) in [6.07, 6.45) is 0.879. The van der Waals surface area contributed by atoms with E-state index >= 15 is 0 Å². The highest BCUT2D eigenvalue weighted by molar-refractivity contribution is 7.16. The third kappa shape index (κ3) is 3.60. The van der Waals surface area contributed by atoms with Gasteiger partial charge in [0, 0.05) is 0 Å². The second kappa shape index (κ2) is 5.23. The normalized spacial score (nSPS) is 10.7. The van der Waals surface area contributed by atoms with Crippen LogP contribution in [0, 0.1) is 12.8 Å². The Morgan fingerprint density at radius 3 is 2.80 bits per heavy atom. The van der Waals surface area contributed by atoms with Gasteiger partial charge in [0.25, 0.3) is 0 Å². The Bertz CT molecular complexity index is 346. The van der Waals surface area contributed by atoms with Crippen LogP contribution in [0.4, 0.5) is 5.00 Å². The van der Waals surface area contributed by atoms with E-state index in [2.05, 4.69) is 24.1 Å². The molecule has 1 rings (SSSR count). The lowest BCUT2D eigenvalue weighted by Crippen LogP contribution is -2.22. The molecule has 0 saturated carbocycles. The topological polar surface area (TPSA) is 68.0 Å². The van der Waals surface area contributed by atoms with Gasteiger partial charge < -0.3 is 11.1 Å². The summed E-state index contributed by atoms with van der Waals surface area (Å²) in [5.41, 5.74) is 6.22. The minimum atomic E-state index is -0.163. The summed E-state index contributed by atoms with van der Waals surface area (Å²) in [6, 6.07) is 0. The van der Waals surface area contributed by atoms with E-state index in [9.17, 15) is 4.79 Å². The van der Waals surface area contributed by atoms with Gasteiger partial charge in [-0.2, -0.15) is 0 Å². The summed E-state index contributed by atoms with van der Waals surface area (Å²) in [4.78, 5) is 15.6. The van der Waals surface area contributed by atoms with Gasteiger partial charge in [0.15, 0.2) is 0 Å². The third-order valence-corrected chi connectivity index (χ3v) is 2.77. The zero-order valence-corrected chi connectivity index (χ0v) is 10.1. The highest BCUT2D eigenvalue weighted by Gasteiger charge is 2.12. The first-order valence-electron chi connectivity index (χ1n) is 4.99. The number of amides is 1. The second-order valence-corrected chi connectivity index (χ2v) is 5.06. The lowest BCUT2D eigenvalue weighted by Gasteiger charge is -2.05. The summed E-state index contributed by atoms with van der Waals surface area (Å²) in [5, 5.41) is 4.59. The third-order valence-electron chi connectivity index (χ3n) is 1.84. The van der Waals surface area contributed by atoms with Crippen LogP contribution in [0.25, 0.3) is 0 Å². The molecule has 0 fully saturated rings. The van der Waals surface area contributed by atoms with Crippen molar-refractivity contribution in [3.8, 4) is 0 Å². The molecule has 0 radical (unpaired) electrons. The first-order valence-corrected chi connectivity index (χ1v) is 5.80. The molecule has 5 heteroatoms. The Morgan fingerprint density at radius 1 is 1.60 bits per heavy atom. The van der Waals surface area contributed by atoms with Crippen molar-refractivity contribution >= 4 is 22.2 Å². The molecule has 0 unspecified atom stereocenters. The van der Waals surface area contributed by atoms with E-state index in [0.717, 1.165) is 22.1 Å². The molecule has 0 aliphatic rings. The Morgan fingerprint density at radius 2 is 2.27 bits per heavy atom. The van der Waals surface area contributed by atoms with E-state index in [1.807, 2.05) is 6.92 Å². The number of hydrogen-bond donors (Lipinski definition) is 2. The van der Waals surface area contributed by atoms with Crippen molar-refractivity contribution in [2.45, 2.75) is 27.2 Å². The SMILES string of the molecule is Cc1nc(CC(C)C)c(NC(=O)CN)s1. The summed E-state index contributed by atoms with van der Waals surface area (Å²) in [6.45, 7) is 6.21. The molecular formula is C10H17N3OS. The fraction of sp³-hybridized carbons (Fsp3) is 0.600. The van der Waals surface area contributed by atoms with Crippen LogP contribution in [0.1, 0.15) is 24.5 Å². The second-order valence-electron chi connectivity index (χ2n) is 3.86. The van der Waals surface area contributed by atoms with Gasteiger partial charge in [0.05, 0.1) is 17.2 Å². The molecule has 1 aromatic rings. The molecule has 84 valence electrons. The fourth-order valence-corrected chi connectivity index (χ4v) is 2.13. The molecule has 0 saturated heterocycles. The van der Waals surface area contributed by atoms with Crippen LogP contribution in [0.2, 0.25) is 0 Å². The molecule has 0 aromatic carbocycles. The smallest absolute Gasteiger partial charge is 0.238 e. The predicted molar refractivity (Wildman–Crippen MR) is 63.1 cm³/mol. The molecule has 4 nitrogen and oxygen atoms in total. The minimum Gasteiger partial charge on any atom is -0.322 e. The molecule has 1 amide bonds. The number of nitrogens with zero attached hydrogens (tertiary/aromatic N) is 1. The van der Waals surface area contributed by atoms with Gasteiger partial charge in [-0.05, 0) is 19.3 Å². The van der Waals surface area contributed by atoms with Gasteiger partial charge in [-0.25, -0.2) is 4.98 Å². The van der Waals surface area contributed by atoms with Gasteiger partial charge in [0.1, 0.15) is 5.00 Å². The average Bonchev–Trinajstić information content (AvgIpc) is 2.45. The zero-order valence-electron chi connectivity index (χ0n) is 9.33. The lowest BCUT2D eigenvalue weighted by atomic mass is 10.1. The van der Waals surface area contributed by atoms with Gasteiger partial charge in [-0.1, -0.05) is 13.8 Å². The molecule has 1 heterocycles. The van der Waals surface area contributed by atoms with Crippen molar-refractivity contribution in [1.82, 2.24) is 4.98 Å². The van der Waals surface area contributed by atoms with Crippen LogP contribution in [-0.2, 0) is 11.2 Å². The Labute approximate surface area is 93.9 Å². The van der Waals surface area contributed by atoms with Crippen LogP contribution < -0.4 is 11.1 Å². The number of carbonyl (C=O) groups is 1. The number of aryl methyl sites for hydroxylation is 1. The Balaban J connectivity index is 2.81. The fourth-order valence-electron chi connectivity index (χ4n) is 1.27. The molecule has 3 N–H and O–H groups in total. The van der Waals surface area contributed by atoms with Crippen LogP contribution in [0.3, 0.4) is 0 Å². The standard InChI is InChI=1S/C10H17N3OS/c1-6(2)4-8-10(13-9(14)5-11)15-7(3)12-8/h6H,4-5,11H2,1-3H3,(H,13,14). The maximum atomic E-state index is 11.2. The maximum absolute atomic E-state index is 11.2. The Kier molecular flexibility index (Phi) is 4.23. The van der Waals surface area contributed by atoms with E-state index in [0.29, 0.717) is 5.92 Å². The van der Waals surface area contributed by atoms with E-state index < -0.39 is 0 Å². The number of hydrogen-bond acceptors (Lipinski definition) is 4. The van der Waals surface area contributed by atoms with Gasteiger partial charge >= 0.3 is 0 Å². The summed E-state index contributed by atoms with van der Waals surface area (Å²) >= 11 is 1.50. The van der Waals surface area contributed by atoms with Crippen molar-refractivity contribution < 1.29 is 4.79 Å². The number of nitrogens with one attached hydrogen (secondary N) is 1. The highest BCUT2D eigenvalue weighted by Crippen LogP contribution is 2.26. The molecule has 0 spiro atoms. The number of aromatic nitrogens is 1. The monoisotopic (exact) mass is 227 g/mol. The van der Waals surface area contributed by atoms with E-state index in [4.69, 9.17) is 5.73 Å². The average molecular weight is 227 g/mol. The summed E-state index contributed by atoms with van der Waals surface area (Å²) < 4.78 is 0. The molecule has 0 bridgehead atoms. The zero-order chi connectivity index (χ0) is 11.4. The Hall–Kier alpha value is -0.940. The van der Waals surface area contributed by atoms with E-state index in [1.54, 1.807) is 0 Å². The van der Waals surface area contributed by atoms with E-state index in [-0.39, 0.29) is 12.5 Å². The molecule has 1 aromatic heterocycles. The van der Waals surface area contributed by atoms with Gasteiger partial charge in [-0.3, -0.25) is 4.79 Å². The quantitative estimate of drug-likeness (QED) is 0.820. The van der Waals surface area contributed by atoms with Crippen LogP contribution in [0.15, 0.2) is 0 Å². The number of carbonyl (C=O) groups excluding carboxylic acids is 1. The lowest BCUT2D eigenvalue weighted by molar-refractivity contribution is -0.114. The van der Waals surface area contributed by atoms with Crippen LogP contribution >= 0.6 is 11.3 Å². The van der Waals surface area contributed by atoms with Crippen molar-refractivity contribution in [2.75, 3.05) is 11.9 Å². The summed E-state index contributed by atoms with van der Waals surface area (Å²) in [7, 11) is 0. The van der Waals surface area contributed by atoms with Crippen molar-refractivity contribution in [1.29, 1.82) is 0 Å². The molecule has 15 heavy (non-hydrogen) atoms. The minimum absolute atomic E-state index is 0.0120. The largest absolute Gasteiger partial charge is 0.322 e. The number of thiazole rings is 1. The van der Waals surface area contributed by atoms with Gasteiger partial charge in [0.2, 0.25) is 5.91 Å². The van der Waals surface area contributed by atoms with Crippen LogP contribution in [-0.4, -0.2) is 17.4 Å². The highest BCUT2D eigenvalue weighted by atomic mass is 32.1. The van der Waals surface area contributed by atoms with E-state index in [1.165, 1.54) is 11.3 Å². The number of nitrogens with two attached hydrogens (primary N) is 1. The van der Waals surface area contributed by atoms with Crippen molar-refractivity contribution in [2.24, 2.45) is 11.7 Å². The van der Waals surface area contributed by atoms with Crippen molar-refractivity contribution in [3.63, 3.8) is 0 Å². The predicted octanol–water partition coefficient (Wildman–Crippen LogP) is 1.55. The van der Waals surface area contributed by atoms with Crippen molar-refractivity contribution in [3.05, 3.63) is 10.7 Å². The molecule has 0 atom stereocenters. The summed E-state index contributed by atoms with van der Waals surface area (Å²) in [5.74, 6) is 0.365. The van der Waals surface area contributed by atoms with Crippen LogP contribution in [0.5, 0.6) is 0 Å². The number of rotatable bonds is 4. The first kappa shape index (κ1) is 12.1. The number of anilines is 1. The molecule has 0 aliphatic carbocycles. The van der Waals surface area contributed by atoms with Gasteiger partial charge in [-0.15, -0.1) is 11.3 Å². The molecule has 0 aliphatic heterocycles.